The van der Waals surface area contributed by atoms with Gasteiger partial charge in [-0.05, 0) is 68.7 Å². The normalized spacial score (nSPS) is 12.0. The van der Waals surface area contributed by atoms with Crippen molar-refractivity contribution in [2.24, 2.45) is 0 Å². The first kappa shape index (κ1) is 20.8. The molecular formula is C21H23F3O3. The van der Waals surface area contributed by atoms with Crippen LogP contribution in [0.4, 0.5) is 13.2 Å². The van der Waals surface area contributed by atoms with E-state index in [-0.39, 0.29) is 12.6 Å². The van der Waals surface area contributed by atoms with Crippen molar-refractivity contribution in [2.45, 2.75) is 39.3 Å². The van der Waals surface area contributed by atoms with Gasteiger partial charge in [-0.1, -0.05) is 12.1 Å². The number of rotatable bonds is 5. The fourth-order valence-corrected chi connectivity index (χ4v) is 2.88. The Kier molecular flexibility index (Phi) is 5.88. The molecule has 0 amide bonds. The molecule has 0 aromatic heterocycles. The Morgan fingerprint density at radius 2 is 1.63 bits per heavy atom. The number of ether oxygens (including phenoxy) is 2. The summed E-state index contributed by atoms with van der Waals surface area (Å²) in [5, 5.41) is 0. The molecule has 0 spiro atoms. The molecule has 0 atom stereocenters. The van der Waals surface area contributed by atoms with Gasteiger partial charge in [-0.25, -0.2) is 0 Å². The van der Waals surface area contributed by atoms with Crippen LogP contribution in [0.3, 0.4) is 0 Å². The molecule has 2 rings (SSSR count). The van der Waals surface area contributed by atoms with Gasteiger partial charge in [0.2, 0.25) is 0 Å². The van der Waals surface area contributed by atoms with Crippen molar-refractivity contribution < 1.29 is 27.4 Å². The van der Waals surface area contributed by atoms with Crippen LogP contribution in [-0.2, 0) is 21.1 Å². The van der Waals surface area contributed by atoms with Crippen molar-refractivity contribution in [3.8, 4) is 16.9 Å². The largest absolute Gasteiger partial charge is 0.496 e. The van der Waals surface area contributed by atoms with E-state index in [0.29, 0.717) is 28.0 Å². The fraction of sp³-hybridized carbons (Fsp3) is 0.381. The standard InChI is InChI=1S/C21H23F3O3/c1-6-27-19(25)20(3,4)14-8-10-18(26-5)17(12-14)16-9-7-15(11-13(16)2)21(22,23)24/h7-12H,6H2,1-5H3. The van der Waals surface area contributed by atoms with E-state index in [9.17, 15) is 18.0 Å². The third-order valence-corrected chi connectivity index (χ3v) is 4.55. The predicted octanol–water partition coefficient (Wildman–Crippen LogP) is 5.53. The highest BCUT2D eigenvalue weighted by atomic mass is 19.4. The lowest BCUT2D eigenvalue weighted by molar-refractivity contribution is -0.148. The van der Waals surface area contributed by atoms with Crippen molar-refractivity contribution in [3.63, 3.8) is 0 Å². The molecule has 6 heteroatoms. The van der Waals surface area contributed by atoms with Crippen LogP contribution in [-0.4, -0.2) is 19.7 Å². The predicted molar refractivity (Wildman–Crippen MR) is 97.8 cm³/mol. The van der Waals surface area contributed by atoms with Crippen molar-refractivity contribution in [2.75, 3.05) is 13.7 Å². The molecule has 0 aliphatic rings. The third-order valence-electron chi connectivity index (χ3n) is 4.55. The van der Waals surface area contributed by atoms with Gasteiger partial charge in [0.05, 0.1) is 24.7 Å². The molecule has 2 aromatic rings. The minimum absolute atomic E-state index is 0.267. The molecular weight excluding hydrogens is 357 g/mol. The van der Waals surface area contributed by atoms with Crippen molar-refractivity contribution in [1.82, 2.24) is 0 Å². The summed E-state index contributed by atoms with van der Waals surface area (Å²) in [6.07, 6.45) is -4.40. The Morgan fingerprint density at radius 3 is 2.15 bits per heavy atom. The summed E-state index contributed by atoms with van der Waals surface area (Å²) in [7, 11) is 1.49. The Morgan fingerprint density at radius 1 is 1.00 bits per heavy atom. The molecule has 27 heavy (non-hydrogen) atoms. The van der Waals surface area contributed by atoms with Crippen LogP contribution in [0.15, 0.2) is 36.4 Å². The molecule has 0 aliphatic heterocycles. The van der Waals surface area contributed by atoms with E-state index in [1.54, 1.807) is 45.9 Å². The van der Waals surface area contributed by atoms with Gasteiger partial charge in [0.1, 0.15) is 5.75 Å². The number of methoxy groups -OCH3 is 1. The molecule has 3 nitrogen and oxygen atoms in total. The second kappa shape index (κ2) is 7.62. The van der Waals surface area contributed by atoms with Crippen LogP contribution in [0.2, 0.25) is 0 Å². The Hall–Kier alpha value is -2.50. The van der Waals surface area contributed by atoms with Crippen LogP contribution in [0, 0.1) is 6.92 Å². The zero-order chi connectivity index (χ0) is 20.4. The Labute approximate surface area is 157 Å². The van der Waals surface area contributed by atoms with Crippen LogP contribution in [0.1, 0.15) is 37.5 Å². The molecule has 0 radical (unpaired) electrons. The molecule has 2 aromatic carbocycles. The summed E-state index contributed by atoms with van der Waals surface area (Å²) >= 11 is 0. The Balaban J connectivity index is 2.58. The van der Waals surface area contributed by atoms with E-state index in [2.05, 4.69) is 0 Å². The highest BCUT2D eigenvalue weighted by molar-refractivity contribution is 5.84. The summed E-state index contributed by atoms with van der Waals surface area (Å²) in [4.78, 5) is 12.3. The van der Waals surface area contributed by atoms with Crippen LogP contribution in [0.25, 0.3) is 11.1 Å². The SMILES string of the molecule is CCOC(=O)C(C)(C)c1ccc(OC)c(-c2ccc(C(F)(F)F)cc2C)c1. The van der Waals surface area contributed by atoms with E-state index < -0.39 is 17.2 Å². The van der Waals surface area contributed by atoms with Crippen molar-refractivity contribution >= 4 is 5.97 Å². The number of hydrogen-bond acceptors (Lipinski definition) is 3. The maximum absolute atomic E-state index is 13.0. The van der Waals surface area contributed by atoms with Crippen LogP contribution >= 0.6 is 0 Å². The monoisotopic (exact) mass is 380 g/mol. The second-order valence-corrected chi connectivity index (χ2v) is 6.79. The smallest absolute Gasteiger partial charge is 0.416 e. The Bertz CT molecular complexity index is 839. The van der Waals surface area contributed by atoms with Gasteiger partial charge in [0.15, 0.2) is 0 Å². The number of benzene rings is 2. The van der Waals surface area contributed by atoms with Gasteiger partial charge >= 0.3 is 12.1 Å². The molecule has 0 fully saturated rings. The van der Waals surface area contributed by atoms with Crippen molar-refractivity contribution in [1.29, 1.82) is 0 Å². The minimum atomic E-state index is -4.40. The first-order valence-electron chi connectivity index (χ1n) is 8.56. The average Bonchev–Trinajstić information content (AvgIpc) is 2.60. The topological polar surface area (TPSA) is 35.5 Å². The lowest BCUT2D eigenvalue weighted by Crippen LogP contribution is -2.31. The van der Waals surface area contributed by atoms with Gasteiger partial charge in [0.25, 0.3) is 0 Å². The number of aryl methyl sites for hydroxylation is 1. The van der Waals surface area contributed by atoms with Crippen molar-refractivity contribution in [3.05, 3.63) is 53.1 Å². The van der Waals surface area contributed by atoms with Gasteiger partial charge in [0, 0.05) is 5.56 Å². The molecule has 0 saturated carbocycles. The van der Waals surface area contributed by atoms with Crippen LogP contribution in [0.5, 0.6) is 5.75 Å². The van der Waals surface area contributed by atoms with Gasteiger partial charge < -0.3 is 9.47 Å². The summed E-state index contributed by atoms with van der Waals surface area (Å²) in [6.45, 7) is 7.11. The lowest BCUT2D eigenvalue weighted by Gasteiger charge is -2.24. The minimum Gasteiger partial charge on any atom is -0.496 e. The van der Waals surface area contributed by atoms with E-state index in [1.807, 2.05) is 0 Å². The molecule has 0 heterocycles. The van der Waals surface area contributed by atoms with E-state index in [1.165, 1.54) is 13.2 Å². The molecule has 0 aliphatic carbocycles. The van der Waals surface area contributed by atoms with Gasteiger partial charge in [-0.15, -0.1) is 0 Å². The number of hydrogen-bond donors (Lipinski definition) is 0. The van der Waals surface area contributed by atoms with E-state index >= 15 is 0 Å². The average molecular weight is 380 g/mol. The number of halogens is 3. The first-order chi connectivity index (χ1) is 12.5. The number of alkyl halides is 3. The molecule has 0 unspecified atom stereocenters. The molecule has 0 N–H and O–H groups in total. The maximum Gasteiger partial charge on any atom is 0.416 e. The third kappa shape index (κ3) is 4.26. The number of carbonyl (C=O) groups is 1. The molecule has 0 saturated heterocycles. The highest BCUT2D eigenvalue weighted by Gasteiger charge is 2.33. The molecule has 146 valence electrons. The maximum atomic E-state index is 13.0. The fourth-order valence-electron chi connectivity index (χ4n) is 2.88. The zero-order valence-electron chi connectivity index (χ0n) is 16.0. The quantitative estimate of drug-likeness (QED) is 0.640. The summed E-state index contributed by atoms with van der Waals surface area (Å²) in [5.74, 6) is 0.145. The first-order valence-corrected chi connectivity index (χ1v) is 8.56. The number of esters is 1. The zero-order valence-corrected chi connectivity index (χ0v) is 16.0. The second-order valence-electron chi connectivity index (χ2n) is 6.79. The summed E-state index contributed by atoms with van der Waals surface area (Å²) in [6, 6.07) is 8.83. The van der Waals surface area contributed by atoms with E-state index in [0.717, 1.165) is 12.1 Å². The van der Waals surface area contributed by atoms with E-state index in [4.69, 9.17) is 9.47 Å². The number of carbonyl (C=O) groups excluding carboxylic acids is 1. The molecule has 0 bridgehead atoms. The van der Waals surface area contributed by atoms with Gasteiger partial charge in [-0.2, -0.15) is 13.2 Å². The van der Waals surface area contributed by atoms with Gasteiger partial charge in [-0.3, -0.25) is 4.79 Å². The lowest BCUT2D eigenvalue weighted by atomic mass is 9.82. The highest BCUT2D eigenvalue weighted by Crippen LogP contribution is 2.39. The summed E-state index contributed by atoms with van der Waals surface area (Å²) in [5.41, 5.74) is 0.785. The summed E-state index contributed by atoms with van der Waals surface area (Å²) < 4.78 is 49.4. The van der Waals surface area contributed by atoms with Crippen LogP contribution < -0.4 is 4.74 Å².